The predicted molar refractivity (Wildman–Crippen MR) is 119 cm³/mol. The number of thiazole rings is 1. The molecule has 0 unspecified atom stereocenters. The fraction of sp³-hybridized carbons (Fsp3) is 0.476. The van der Waals surface area contributed by atoms with E-state index in [4.69, 9.17) is 4.74 Å². The van der Waals surface area contributed by atoms with Gasteiger partial charge in [-0.05, 0) is 56.4 Å². The monoisotopic (exact) mass is 465 g/mol. The summed E-state index contributed by atoms with van der Waals surface area (Å²) in [5, 5.41) is 2.93. The topological polar surface area (TPSA) is 106 Å². The number of hydrogen-bond acceptors (Lipinski definition) is 7. The fourth-order valence-corrected chi connectivity index (χ4v) is 6.27. The van der Waals surface area contributed by atoms with Crippen LogP contribution in [0.25, 0.3) is 0 Å². The second-order valence-corrected chi connectivity index (χ2v) is 10.8. The van der Waals surface area contributed by atoms with E-state index in [0.717, 1.165) is 17.8 Å². The number of esters is 1. The number of carbonyl (C=O) groups is 2. The first-order valence-electron chi connectivity index (χ1n) is 10.2. The lowest BCUT2D eigenvalue weighted by atomic mass is 9.94. The van der Waals surface area contributed by atoms with Crippen molar-refractivity contribution in [3.63, 3.8) is 0 Å². The summed E-state index contributed by atoms with van der Waals surface area (Å²) in [6.07, 6.45) is 1.01. The quantitative estimate of drug-likeness (QED) is 0.654. The smallest absolute Gasteiger partial charge is 0.350 e. The first kappa shape index (κ1) is 23.4. The number of ether oxygens (including phenoxy) is 1. The summed E-state index contributed by atoms with van der Waals surface area (Å²) in [7, 11) is -3.61. The van der Waals surface area contributed by atoms with Gasteiger partial charge in [-0.3, -0.25) is 10.1 Å². The minimum Gasteiger partial charge on any atom is -0.462 e. The highest BCUT2D eigenvalue weighted by atomic mass is 32.2. The number of carbonyl (C=O) groups excluding carboxylic acids is 2. The van der Waals surface area contributed by atoms with Gasteiger partial charge >= 0.3 is 5.97 Å². The molecule has 1 amide bonds. The van der Waals surface area contributed by atoms with E-state index in [9.17, 15) is 18.0 Å². The summed E-state index contributed by atoms with van der Waals surface area (Å²) in [6, 6.07) is 5.86. The van der Waals surface area contributed by atoms with Crippen LogP contribution in [-0.4, -0.2) is 49.3 Å². The van der Waals surface area contributed by atoms with Gasteiger partial charge in [0.1, 0.15) is 4.88 Å². The van der Waals surface area contributed by atoms with Gasteiger partial charge in [-0.1, -0.05) is 25.2 Å². The van der Waals surface area contributed by atoms with Crippen LogP contribution in [0.1, 0.15) is 52.9 Å². The SMILES string of the molecule is CCOC(=O)c1sc(NC(=O)c2ccc(S(=O)(=O)N3C[C@H](C)C[C@@H](C)C3)cc2)nc1C. The average molecular weight is 466 g/mol. The van der Waals surface area contributed by atoms with E-state index in [-0.39, 0.29) is 16.6 Å². The second kappa shape index (κ2) is 9.46. The molecule has 0 aliphatic carbocycles. The van der Waals surface area contributed by atoms with Crippen LogP contribution in [0, 0.1) is 18.8 Å². The predicted octanol–water partition coefficient (Wildman–Crippen LogP) is 3.55. The largest absolute Gasteiger partial charge is 0.462 e. The molecule has 2 atom stereocenters. The van der Waals surface area contributed by atoms with Crippen molar-refractivity contribution < 1.29 is 22.7 Å². The number of nitrogens with one attached hydrogen (secondary N) is 1. The third-order valence-electron chi connectivity index (χ3n) is 5.07. The molecule has 1 aromatic carbocycles. The van der Waals surface area contributed by atoms with Crippen molar-refractivity contribution in [2.45, 2.75) is 39.0 Å². The van der Waals surface area contributed by atoms with Crippen molar-refractivity contribution in [1.82, 2.24) is 9.29 Å². The van der Waals surface area contributed by atoms with Crippen LogP contribution in [0.15, 0.2) is 29.2 Å². The molecule has 0 saturated carbocycles. The van der Waals surface area contributed by atoms with Gasteiger partial charge < -0.3 is 4.74 Å². The highest BCUT2D eigenvalue weighted by Crippen LogP contribution is 2.27. The van der Waals surface area contributed by atoms with Crippen LogP contribution >= 0.6 is 11.3 Å². The number of hydrogen-bond donors (Lipinski definition) is 1. The maximum Gasteiger partial charge on any atom is 0.350 e. The first-order chi connectivity index (χ1) is 14.6. The van der Waals surface area contributed by atoms with Gasteiger partial charge in [0.2, 0.25) is 10.0 Å². The van der Waals surface area contributed by atoms with Crippen LogP contribution in [0.5, 0.6) is 0 Å². The molecule has 2 heterocycles. The molecule has 1 saturated heterocycles. The van der Waals surface area contributed by atoms with Gasteiger partial charge in [-0.25, -0.2) is 18.2 Å². The molecule has 0 radical (unpaired) electrons. The molecule has 10 heteroatoms. The summed E-state index contributed by atoms with van der Waals surface area (Å²) in [4.78, 5) is 29.2. The molecule has 2 aromatic rings. The molecule has 1 fully saturated rings. The maximum atomic E-state index is 13.0. The molecule has 0 spiro atoms. The van der Waals surface area contributed by atoms with Crippen LogP contribution in [0.2, 0.25) is 0 Å². The molecule has 8 nitrogen and oxygen atoms in total. The molecule has 168 valence electrons. The van der Waals surface area contributed by atoms with Crippen LogP contribution in [0.3, 0.4) is 0 Å². The summed E-state index contributed by atoms with van der Waals surface area (Å²) in [5.74, 6) is -0.295. The number of aromatic nitrogens is 1. The van der Waals surface area contributed by atoms with E-state index in [1.807, 2.05) is 0 Å². The Kier molecular flexibility index (Phi) is 7.13. The minimum absolute atomic E-state index is 0.167. The number of piperidine rings is 1. The van der Waals surface area contributed by atoms with Crippen molar-refractivity contribution >= 4 is 38.4 Å². The molecule has 0 bridgehead atoms. The lowest BCUT2D eigenvalue weighted by Gasteiger charge is -2.34. The van der Waals surface area contributed by atoms with Gasteiger partial charge in [-0.2, -0.15) is 4.31 Å². The average Bonchev–Trinajstić information content (AvgIpc) is 3.07. The third kappa shape index (κ3) is 5.31. The van der Waals surface area contributed by atoms with E-state index in [2.05, 4.69) is 24.1 Å². The van der Waals surface area contributed by atoms with E-state index in [0.29, 0.717) is 41.1 Å². The van der Waals surface area contributed by atoms with E-state index < -0.39 is 21.9 Å². The lowest BCUT2D eigenvalue weighted by molar-refractivity contribution is 0.0531. The normalized spacial score (nSPS) is 19.7. The molecule has 31 heavy (non-hydrogen) atoms. The van der Waals surface area contributed by atoms with Gasteiger partial charge in [0.25, 0.3) is 5.91 Å². The van der Waals surface area contributed by atoms with Crippen molar-refractivity contribution in [1.29, 1.82) is 0 Å². The number of anilines is 1. The second-order valence-electron chi connectivity index (χ2n) is 7.90. The zero-order valence-corrected chi connectivity index (χ0v) is 19.7. The number of nitrogens with zero attached hydrogens (tertiary/aromatic N) is 2. The van der Waals surface area contributed by atoms with Crippen LogP contribution < -0.4 is 5.32 Å². The Morgan fingerprint density at radius 3 is 2.39 bits per heavy atom. The van der Waals surface area contributed by atoms with Crippen LogP contribution in [-0.2, 0) is 14.8 Å². The highest BCUT2D eigenvalue weighted by Gasteiger charge is 2.31. The molecule has 1 aromatic heterocycles. The van der Waals surface area contributed by atoms with Gasteiger partial charge in [0, 0.05) is 18.7 Å². The zero-order valence-electron chi connectivity index (χ0n) is 18.0. The minimum atomic E-state index is -3.61. The molecular formula is C21H27N3O5S2. The lowest BCUT2D eigenvalue weighted by Crippen LogP contribution is -2.42. The van der Waals surface area contributed by atoms with Gasteiger partial charge in [0.15, 0.2) is 5.13 Å². The number of sulfonamides is 1. The Morgan fingerprint density at radius 1 is 1.19 bits per heavy atom. The molecular weight excluding hydrogens is 438 g/mol. The van der Waals surface area contributed by atoms with Crippen molar-refractivity contribution in [2.75, 3.05) is 25.0 Å². The number of amides is 1. The summed E-state index contributed by atoms with van der Waals surface area (Å²) in [6.45, 7) is 8.75. The van der Waals surface area contributed by atoms with Crippen molar-refractivity contribution in [3.8, 4) is 0 Å². The Hall–Kier alpha value is -2.30. The fourth-order valence-electron chi connectivity index (χ4n) is 3.73. The zero-order chi connectivity index (χ0) is 22.8. The van der Waals surface area contributed by atoms with Gasteiger partial charge in [-0.15, -0.1) is 0 Å². The maximum absolute atomic E-state index is 13.0. The summed E-state index contributed by atoms with van der Waals surface area (Å²) >= 11 is 1.04. The Labute approximate surface area is 186 Å². The highest BCUT2D eigenvalue weighted by molar-refractivity contribution is 7.89. The Morgan fingerprint density at radius 2 is 1.81 bits per heavy atom. The summed E-state index contributed by atoms with van der Waals surface area (Å²) in [5.41, 5.74) is 0.773. The van der Waals surface area contributed by atoms with Crippen molar-refractivity contribution in [3.05, 3.63) is 40.4 Å². The third-order valence-corrected chi connectivity index (χ3v) is 7.97. The number of rotatable bonds is 6. The molecule has 1 aliphatic rings. The van der Waals surface area contributed by atoms with Crippen LogP contribution in [0.4, 0.5) is 5.13 Å². The number of aryl methyl sites for hydroxylation is 1. The molecule has 1 aliphatic heterocycles. The molecule has 3 rings (SSSR count). The first-order valence-corrected chi connectivity index (χ1v) is 12.4. The van der Waals surface area contributed by atoms with E-state index in [1.165, 1.54) is 28.6 Å². The van der Waals surface area contributed by atoms with Gasteiger partial charge in [0.05, 0.1) is 17.2 Å². The standard InChI is InChI=1S/C21H27N3O5S2/c1-5-29-20(26)18-15(4)22-21(30-18)23-19(25)16-6-8-17(9-7-16)31(27,28)24-11-13(2)10-14(3)12-24/h6-9,13-14H,5,10-12H2,1-4H3,(H,22,23,25)/t13-,14-/m1/s1. The Balaban J connectivity index is 1.72. The van der Waals surface area contributed by atoms with E-state index in [1.54, 1.807) is 13.8 Å². The molecule has 1 N–H and O–H groups in total. The number of benzene rings is 1. The Bertz CT molecular complexity index is 1050. The van der Waals surface area contributed by atoms with E-state index >= 15 is 0 Å². The summed E-state index contributed by atoms with van der Waals surface area (Å²) < 4.78 is 32.5. The van der Waals surface area contributed by atoms with Crippen molar-refractivity contribution in [2.24, 2.45) is 11.8 Å².